The quantitative estimate of drug-likeness (QED) is 0.00458. The number of unbranched alkanes of at least 4 members (excludes halogenated alkanes) is 3. The van der Waals surface area contributed by atoms with Crippen molar-refractivity contribution in [1.29, 1.82) is 0 Å². The molecule has 5 N–H and O–H groups in total. The van der Waals surface area contributed by atoms with E-state index < -0.39 is 69.5 Å². The van der Waals surface area contributed by atoms with Crippen LogP contribution in [-0.2, 0) is 48.1 Å². The third kappa shape index (κ3) is 31.3. The Morgan fingerprint density at radius 3 is 1.03 bits per heavy atom. The van der Waals surface area contributed by atoms with Gasteiger partial charge in [-0.2, -0.15) is 55.2 Å². The zero-order chi connectivity index (χ0) is 103. The summed E-state index contributed by atoms with van der Waals surface area (Å²) < 4.78 is 105. The van der Waals surface area contributed by atoms with E-state index in [1.807, 2.05) is 0 Å². The minimum absolute atomic E-state index is 0.00347. The number of halogens is 9. The molecule has 9 heterocycles. The summed E-state index contributed by atoms with van der Waals surface area (Å²) in [5, 5.41) is 71.8. The number of carbonyl (C=O) groups excluding carboxylic acids is 1. The summed E-state index contributed by atoms with van der Waals surface area (Å²) in [6, 6.07) is 96.4. The number of aliphatic hydroxyl groups excluding tert-OH is 3. The molecule has 143 heavy (non-hydrogen) atoms. The normalized spacial score (nSPS) is 11.4. The molecular weight excluding hydrogens is 2130 g/mol. The Morgan fingerprint density at radius 2 is 0.741 bits per heavy atom. The maximum Gasteiger partial charge on any atom is -0.0134 e. The summed E-state index contributed by atoms with van der Waals surface area (Å²) >= 11 is 3.43. The maximum absolute atomic E-state index is 15.3. The fraction of sp³-hybridized carbons (Fsp3) is 0.226. The first-order valence-corrected chi connectivity index (χ1v) is 60.2. The van der Waals surface area contributed by atoms with Crippen molar-refractivity contribution in [3.05, 3.63) is 389 Å². The molecule has 18 rings (SSSR count). The molecule has 0 aliphatic carbocycles. The molecule has 0 aliphatic rings. The van der Waals surface area contributed by atoms with Gasteiger partial charge in [0.15, 0.2) is 22.7 Å². The molecule has 9 aromatic heterocycles. The van der Waals surface area contributed by atoms with Crippen molar-refractivity contribution in [3.8, 4) is 0 Å². The van der Waals surface area contributed by atoms with Gasteiger partial charge < -0.3 is 25.0 Å². The summed E-state index contributed by atoms with van der Waals surface area (Å²) in [6.45, 7) is 17.1. The Labute approximate surface area is 853 Å². The van der Waals surface area contributed by atoms with Crippen LogP contribution in [0.15, 0.2) is 343 Å². The molecule has 37 heteroatoms. The molecule has 0 spiro atoms. The van der Waals surface area contributed by atoms with Gasteiger partial charge in [0.25, 0.3) is 0 Å². The molecule has 18 aromatic rings. The minimum atomic E-state index is -3.44. The number of nitrogens with zero attached hydrogens (tertiary/aromatic N) is 16. The van der Waals surface area contributed by atoms with Crippen LogP contribution in [0, 0.1) is 0 Å². The third-order valence-electron chi connectivity index (χ3n) is 21.8. The molecule has 0 saturated heterocycles. The molecule has 0 bridgehead atoms. The summed E-state index contributed by atoms with van der Waals surface area (Å²) in [4.78, 5) is 32.7. The number of aliphatic hydroxyl groups is 3. The SMILES string of the molecule is C/C(=N\OCCO)c1ccc2nnc(C(F)(F)c3ccc4ncccc4c3)n2n1.C=[C](OCC)[Sn]([CH2]CCC)([CH2]CCC)[CH2]CCC.CC(=O)c1ccc2nnc(C(F)(F)c3ccc4ncccc4c3)n2n1.CO.FC(F)(c1ccc2ncccc2c1)c1nnc2ccc(Cl)nn12.NOCCO.[Cl][Pd][Cl].c1ccc(P(c2ccccc2)c2ccccc2)cc1.c1ccc(P(c2ccccc2)c2ccccc2)cc1. The van der Waals surface area contributed by atoms with Gasteiger partial charge in [-0.05, 0) is 146 Å². The van der Waals surface area contributed by atoms with E-state index in [9.17, 15) is 13.6 Å². The molecule has 0 radical (unpaired) electrons. The number of aromatic nitrogens is 15. The summed E-state index contributed by atoms with van der Waals surface area (Å²) in [6.07, 6.45) is 12.9. The number of Topliss-reactive ketones (excluding diaryl/α,β-unsaturated/α-hetero) is 1. The Bertz CT molecular complexity index is 6660. The van der Waals surface area contributed by atoms with E-state index in [-0.39, 0.29) is 92.6 Å². The first-order valence-electron chi connectivity index (χ1n) is 45.7. The fourth-order valence-electron chi connectivity index (χ4n) is 14.8. The molecule has 0 fully saturated rings. The van der Waals surface area contributed by atoms with Gasteiger partial charge in [0.1, 0.15) is 28.9 Å². The Balaban J connectivity index is 0.000000174. The fourth-order valence-corrected chi connectivity index (χ4v) is 34.2. The predicted molar refractivity (Wildman–Crippen MR) is 560 cm³/mol. The standard InChI is InChI=1S/C19H16F2N6O2.2C18H15P.C17H11F2N5O.C15H8ClF2N5.C4H7O.3C4H9.C2H7NO2.CH4O.2ClH.Pd.Sn/c1-12(26-29-10-9-28)15-6-7-17-23-24-18(27(17)25-15)19(20,21)14-4-5-16-13(11-14)3-2-8-22-16;2*1-4-10-16(11-5-1)19(17-12-6-2-7-13-17)18-14-8-3-9-15-18;1-10(25)13-6-7-15-21-22-16(24(15)23-13)17(18,19)12-4-5-14-11(9-12)3-2-8-20-14;16-12-5-6-13-20-21-14(23(13)22-12)15(17,18)10-3-4-11-9(8-10)2-1-7-19-11;1-3-5-4-2;3*1-3-4-2;3-5-2-1-4;1-2;;;;/h2-8,11,28H,9-10H2,1H3;2*1-15H;2-9H,1H3;1-8H;1,4H2,2H3;3*1,3-4H2,2H3;4H,1-3H2;2H,1H3;2*1H;;/q;;;;;;;;;;;;;+2;/p-2/b26-12+;;;;;;;;;;;;;;. The van der Waals surface area contributed by atoms with Gasteiger partial charge in [-0.1, -0.05) is 235 Å². The Hall–Kier alpha value is -11.9. The van der Waals surface area contributed by atoms with Crippen LogP contribution in [0.3, 0.4) is 0 Å². The Kier molecular flexibility index (Phi) is 46.0. The van der Waals surface area contributed by atoms with E-state index >= 15 is 17.6 Å². The third-order valence-corrected chi connectivity index (χ3v) is 41.9. The number of ketones is 1. The number of hydrogen-bond donors (Lipinski definition) is 4. The minimum Gasteiger partial charge on any atom is -0.0622 e. The first kappa shape index (κ1) is 113. The molecule has 0 aliphatic heterocycles. The van der Waals surface area contributed by atoms with Crippen molar-refractivity contribution >= 4 is 158 Å². The second-order valence-electron chi connectivity index (χ2n) is 31.5. The zero-order valence-corrected chi connectivity index (χ0v) is 88.1. The van der Waals surface area contributed by atoms with Crippen LogP contribution in [-0.4, -0.2) is 160 Å². The average Bonchev–Trinajstić information content (AvgIpc) is 1.65. The van der Waals surface area contributed by atoms with Crippen LogP contribution in [0.5, 0.6) is 0 Å². The number of benzene rings is 9. The second kappa shape index (κ2) is 58.2. The number of ether oxygens (including phenoxy) is 1. The van der Waals surface area contributed by atoms with E-state index in [2.05, 4.69) is 293 Å². The second-order valence-corrected chi connectivity index (χ2v) is 51.9. The van der Waals surface area contributed by atoms with Gasteiger partial charge in [0.05, 0.1) is 36.4 Å². The summed E-state index contributed by atoms with van der Waals surface area (Å²) in [7, 11) is 9.74. The largest absolute Gasteiger partial charge is 0.0622 e. The van der Waals surface area contributed by atoms with Gasteiger partial charge in [-0.3, -0.25) is 19.7 Å². The van der Waals surface area contributed by atoms with Gasteiger partial charge in [0, 0.05) is 65.5 Å². The number of nitrogens with two attached hydrogens (primary N) is 1. The van der Waals surface area contributed by atoms with Crippen molar-refractivity contribution in [1.82, 2.24) is 74.4 Å². The van der Waals surface area contributed by atoms with Crippen molar-refractivity contribution in [3.63, 3.8) is 0 Å². The first-order chi connectivity index (χ1) is 69.4. The van der Waals surface area contributed by atoms with Crippen molar-refractivity contribution in [2.24, 2.45) is 11.1 Å². The van der Waals surface area contributed by atoms with Gasteiger partial charge in [-0.25, -0.2) is 5.90 Å². The molecule has 0 amide bonds. The Morgan fingerprint density at radius 1 is 0.434 bits per heavy atom. The monoisotopic (exact) mass is 2240 g/mol. The molecule has 0 unspecified atom stereocenters. The van der Waals surface area contributed by atoms with Crippen LogP contribution < -0.4 is 37.7 Å². The smallest absolute Gasteiger partial charge is 0.0134 e. The van der Waals surface area contributed by atoms with Crippen LogP contribution in [0.25, 0.3) is 49.7 Å². The maximum atomic E-state index is 15.3. The number of fused-ring (bicyclic) bond motifs is 6. The zero-order valence-electron chi connectivity index (χ0n) is 79.6. The van der Waals surface area contributed by atoms with Crippen molar-refractivity contribution < 1.29 is 76.8 Å². The number of alkyl halides is 6. The molecule has 0 saturated carbocycles. The predicted octanol–water partition coefficient (Wildman–Crippen LogP) is 21.7. The number of pyridine rings is 3. The van der Waals surface area contributed by atoms with E-state index in [1.54, 1.807) is 74.0 Å². The van der Waals surface area contributed by atoms with E-state index in [4.69, 9.17) is 55.6 Å². The average molecular weight is 2240 g/mol. The number of carbonyl (C=O) groups is 1. The van der Waals surface area contributed by atoms with Crippen molar-refractivity contribution in [2.45, 2.75) is 111 Å². The topological polar surface area (TPSA) is 312 Å². The van der Waals surface area contributed by atoms with E-state index in [1.165, 1.54) is 173 Å². The molecule has 24 nitrogen and oxygen atoms in total. The van der Waals surface area contributed by atoms with E-state index in [0.29, 0.717) is 44.1 Å². The van der Waals surface area contributed by atoms with Gasteiger partial charge in [-0.15, -0.1) is 30.6 Å². The number of rotatable bonds is 31. The number of oxime groups is 1. The van der Waals surface area contributed by atoms with Crippen LogP contribution in [0.2, 0.25) is 18.5 Å². The van der Waals surface area contributed by atoms with Gasteiger partial charge in [0.2, 0.25) is 17.5 Å². The molecule has 748 valence electrons. The van der Waals surface area contributed by atoms with Crippen LogP contribution in [0.4, 0.5) is 26.3 Å². The summed E-state index contributed by atoms with van der Waals surface area (Å²) in [5.41, 5.74) is 2.42. The van der Waals surface area contributed by atoms with Crippen LogP contribution in [0.1, 0.15) is 130 Å². The van der Waals surface area contributed by atoms with Crippen molar-refractivity contribution in [2.75, 3.05) is 40.1 Å². The molecular formula is C106H110Cl3F6N17O7P2PdSn. The van der Waals surface area contributed by atoms with Crippen LogP contribution >= 0.6 is 46.5 Å². The molecule has 0 atom stereocenters. The van der Waals surface area contributed by atoms with E-state index in [0.717, 1.165) is 27.3 Å². The molecule has 9 aromatic carbocycles. The van der Waals surface area contributed by atoms with Gasteiger partial charge >= 0.3 is 172 Å². The number of hydrogen-bond acceptors (Lipinski definition) is 21. The summed E-state index contributed by atoms with van der Waals surface area (Å²) in [5.74, 6) is -7.94.